The zero-order valence-electron chi connectivity index (χ0n) is 16.5. The Kier molecular flexibility index (Phi) is 5.35. The molecule has 29 heavy (non-hydrogen) atoms. The van der Waals surface area contributed by atoms with Crippen LogP contribution in [0.15, 0.2) is 42.5 Å². The van der Waals surface area contributed by atoms with Crippen molar-refractivity contribution in [2.24, 2.45) is 0 Å². The molecule has 0 unspecified atom stereocenters. The van der Waals surface area contributed by atoms with Crippen LogP contribution in [0, 0.1) is 19.7 Å². The zero-order chi connectivity index (χ0) is 20.4. The van der Waals surface area contributed by atoms with Crippen LogP contribution in [-0.4, -0.2) is 62.1 Å². The van der Waals surface area contributed by atoms with Crippen LogP contribution in [0.2, 0.25) is 0 Å². The van der Waals surface area contributed by atoms with Gasteiger partial charge in [0.2, 0.25) is 0 Å². The minimum atomic E-state index is -0.298. The van der Waals surface area contributed by atoms with Crippen LogP contribution < -0.4 is 0 Å². The lowest BCUT2D eigenvalue weighted by Gasteiger charge is -2.34. The number of nitrogens with zero attached hydrogens (tertiary/aromatic N) is 6. The van der Waals surface area contributed by atoms with Crippen molar-refractivity contribution in [2.75, 3.05) is 26.2 Å². The van der Waals surface area contributed by atoms with Crippen molar-refractivity contribution in [1.82, 2.24) is 30.0 Å². The van der Waals surface area contributed by atoms with Crippen LogP contribution in [0.4, 0.5) is 4.39 Å². The van der Waals surface area contributed by atoms with Gasteiger partial charge in [-0.3, -0.25) is 9.69 Å². The molecule has 7 nitrogen and oxygen atoms in total. The minimum Gasteiger partial charge on any atom is -0.336 e. The minimum absolute atomic E-state index is 0.0731. The van der Waals surface area contributed by atoms with E-state index in [2.05, 4.69) is 20.4 Å². The molecular formula is C21H23FN6O. The predicted molar refractivity (Wildman–Crippen MR) is 106 cm³/mol. The largest absolute Gasteiger partial charge is 0.336 e. The Morgan fingerprint density at radius 1 is 1.00 bits per heavy atom. The molecule has 150 valence electrons. The molecule has 0 atom stereocenters. The highest BCUT2D eigenvalue weighted by Crippen LogP contribution is 2.15. The number of hydrogen-bond donors (Lipinski definition) is 0. The van der Waals surface area contributed by atoms with E-state index in [4.69, 9.17) is 0 Å². The summed E-state index contributed by atoms with van der Waals surface area (Å²) in [6.45, 7) is 7.43. The Morgan fingerprint density at radius 2 is 1.72 bits per heavy atom. The van der Waals surface area contributed by atoms with Gasteiger partial charge in [-0.15, -0.1) is 5.10 Å². The lowest BCUT2D eigenvalue weighted by molar-refractivity contribution is 0.0624. The normalized spacial score (nSPS) is 14.9. The highest BCUT2D eigenvalue weighted by molar-refractivity contribution is 5.94. The van der Waals surface area contributed by atoms with Gasteiger partial charge in [-0.2, -0.15) is 4.68 Å². The summed E-state index contributed by atoms with van der Waals surface area (Å²) in [5.74, 6) is 0.461. The summed E-state index contributed by atoms with van der Waals surface area (Å²) in [7, 11) is 0. The lowest BCUT2D eigenvalue weighted by atomic mass is 10.1. The Labute approximate surface area is 168 Å². The third-order valence-electron chi connectivity index (χ3n) is 5.38. The van der Waals surface area contributed by atoms with Crippen LogP contribution in [0.5, 0.6) is 0 Å². The average Bonchev–Trinajstić information content (AvgIpc) is 3.19. The number of carbonyl (C=O) groups is 1. The Bertz CT molecular complexity index is 1010. The quantitative estimate of drug-likeness (QED) is 0.680. The SMILES string of the molecule is Cc1ccc(C(=O)N2CCN(Cc3nnnn3-c3ccc(F)cc3)CC2)cc1C. The first-order chi connectivity index (χ1) is 14.0. The number of benzene rings is 2. The van der Waals surface area contributed by atoms with E-state index in [0.717, 1.165) is 29.9 Å². The van der Waals surface area contributed by atoms with Gasteiger partial charge < -0.3 is 4.90 Å². The zero-order valence-corrected chi connectivity index (χ0v) is 16.5. The van der Waals surface area contributed by atoms with Crippen LogP contribution >= 0.6 is 0 Å². The van der Waals surface area contributed by atoms with Gasteiger partial charge in [0.1, 0.15) is 5.82 Å². The second-order valence-corrected chi connectivity index (χ2v) is 7.35. The Morgan fingerprint density at radius 3 is 2.41 bits per heavy atom. The highest BCUT2D eigenvalue weighted by Gasteiger charge is 2.23. The number of rotatable bonds is 4. The first kappa shape index (κ1) is 19.2. The van der Waals surface area contributed by atoms with E-state index in [0.29, 0.717) is 25.5 Å². The molecule has 0 N–H and O–H groups in total. The number of halogens is 1. The molecule has 3 aromatic rings. The third kappa shape index (κ3) is 4.17. The van der Waals surface area contributed by atoms with E-state index in [1.54, 1.807) is 16.8 Å². The maximum absolute atomic E-state index is 13.2. The standard InChI is InChI=1S/C21H23FN6O/c1-15-3-4-17(13-16(15)2)21(29)27-11-9-26(10-12-27)14-20-23-24-25-28(20)19-7-5-18(22)6-8-19/h3-8,13H,9-12,14H2,1-2H3. The van der Waals surface area contributed by atoms with Gasteiger partial charge in [-0.05, 0) is 71.8 Å². The molecule has 1 saturated heterocycles. The van der Waals surface area contributed by atoms with Crippen LogP contribution in [0.25, 0.3) is 5.69 Å². The van der Waals surface area contributed by atoms with Crippen molar-refractivity contribution >= 4 is 5.91 Å². The Balaban J connectivity index is 1.38. The predicted octanol–water partition coefficient (Wildman–Crippen LogP) is 2.38. The van der Waals surface area contributed by atoms with Gasteiger partial charge in [0, 0.05) is 31.7 Å². The molecule has 1 aromatic heterocycles. The van der Waals surface area contributed by atoms with Crippen molar-refractivity contribution in [3.8, 4) is 5.69 Å². The molecule has 4 rings (SSSR count). The maximum atomic E-state index is 13.2. The summed E-state index contributed by atoms with van der Waals surface area (Å²) in [5.41, 5.74) is 3.77. The fraction of sp³-hybridized carbons (Fsp3) is 0.333. The number of tetrazole rings is 1. The summed E-state index contributed by atoms with van der Waals surface area (Å²) < 4.78 is 14.8. The molecule has 0 saturated carbocycles. The molecule has 1 aliphatic heterocycles. The van der Waals surface area contributed by atoms with Crippen LogP contribution in [0.3, 0.4) is 0 Å². The Hall–Kier alpha value is -3.13. The highest BCUT2D eigenvalue weighted by atomic mass is 19.1. The van der Waals surface area contributed by atoms with Crippen molar-refractivity contribution in [3.05, 3.63) is 70.8 Å². The van der Waals surface area contributed by atoms with Crippen molar-refractivity contribution < 1.29 is 9.18 Å². The molecule has 0 aliphatic carbocycles. The second kappa shape index (κ2) is 8.08. The number of carbonyl (C=O) groups excluding carboxylic acids is 1. The van der Waals surface area contributed by atoms with Crippen LogP contribution in [-0.2, 0) is 6.54 Å². The van der Waals surface area contributed by atoms with E-state index in [1.165, 1.54) is 17.7 Å². The molecule has 0 spiro atoms. The topological polar surface area (TPSA) is 67.2 Å². The molecular weight excluding hydrogens is 371 g/mol. The van der Waals surface area contributed by atoms with E-state index in [1.807, 2.05) is 36.9 Å². The van der Waals surface area contributed by atoms with Gasteiger partial charge in [0.25, 0.3) is 5.91 Å². The number of aryl methyl sites for hydroxylation is 2. The number of aromatic nitrogens is 4. The number of hydrogen-bond acceptors (Lipinski definition) is 5. The van der Waals surface area contributed by atoms with Gasteiger partial charge >= 0.3 is 0 Å². The lowest BCUT2D eigenvalue weighted by Crippen LogP contribution is -2.48. The van der Waals surface area contributed by atoms with Crippen molar-refractivity contribution in [1.29, 1.82) is 0 Å². The van der Waals surface area contributed by atoms with Gasteiger partial charge in [-0.1, -0.05) is 6.07 Å². The maximum Gasteiger partial charge on any atom is 0.253 e. The first-order valence-electron chi connectivity index (χ1n) is 9.63. The van der Waals surface area contributed by atoms with Crippen molar-refractivity contribution in [2.45, 2.75) is 20.4 Å². The fourth-order valence-corrected chi connectivity index (χ4v) is 3.45. The van der Waals surface area contributed by atoms with E-state index >= 15 is 0 Å². The summed E-state index contributed by atoms with van der Waals surface area (Å²) >= 11 is 0. The summed E-state index contributed by atoms with van der Waals surface area (Å²) in [4.78, 5) is 16.9. The van der Waals surface area contributed by atoms with Gasteiger partial charge in [0.05, 0.1) is 12.2 Å². The van der Waals surface area contributed by atoms with E-state index in [9.17, 15) is 9.18 Å². The van der Waals surface area contributed by atoms with Gasteiger partial charge in [-0.25, -0.2) is 4.39 Å². The molecule has 1 amide bonds. The molecule has 1 fully saturated rings. The molecule has 0 radical (unpaired) electrons. The van der Waals surface area contributed by atoms with Crippen LogP contribution in [0.1, 0.15) is 27.3 Å². The third-order valence-corrected chi connectivity index (χ3v) is 5.38. The molecule has 8 heteroatoms. The first-order valence-corrected chi connectivity index (χ1v) is 9.63. The summed E-state index contributed by atoms with van der Waals surface area (Å²) in [6.07, 6.45) is 0. The smallest absolute Gasteiger partial charge is 0.253 e. The molecule has 2 aromatic carbocycles. The van der Waals surface area contributed by atoms with E-state index in [-0.39, 0.29) is 11.7 Å². The molecule has 1 aliphatic rings. The monoisotopic (exact) mass is 394 g/mol. The average molecular weight is 394 g/mol. The summed E-state index contributed by atoms with van der Waals surface area (Å²) in [6, 6.07) is 11.9. The summed E-state index contributed by atoms with van der Waals surface area (Å²) in [5, 5.41) is 11.9. The molecule has 0 bridgehead atoms. The number of piperazine rings is 1. The fourth-order valence-electron chi connectivity index (χ4n) is 3.45. The second-order valence-electron chi connectivity index (χ2n) is 7.35. The van der Waals surface area contributed by atoms with E-state index < -0.39 is 0 Å². The molecule has 2 heterocycles. The van der Waals surface area contributed by atoms with Crippen molar-refractivity contribution in [3.63, 3.8) is 0 Å². The van der Waals surface area contributed by atoms with Gasteiger partial charge in [0.15, 0.2) is 5.82 Å². The number of amides is 1.